The van der Waals surface area contributed by atoms with E-state index in [-0.39, 0.29) is 9.93 Å². The van der Waals surface area contributed by atoms with Crippen LogP contribution in [0.1, 0.15) is 5.56 Å². The van der Waals surface area contributed by atoms with Gasteiger partial charge in [0.25, 0.3) is 5.91 Å². The molecule has 0 aromatic heterocycles. The van der Waals surface area contributed by atoms with Gasteiger partial charge in [0.15, 0.2) is 0 Å². The standard InChI is InChI=1S/C19H19ClN2O4S/c20-18(14-15-4-2-1-3-5-15)19(23)21-16-6-8-17(9-7-16)27(24,25)22-10-12-26-13-11-22/h1-9,14H,10-13H2,(H,21,23)/b18-14-. The summed E-state index contributed by atoms with van der Waals surface area (Å²) < 4.78 is 31.7. The van der Waals surface area contributed by atoms with Crippen LogP contribution in [0.15, 0.2) is 64.5 Å². The Balaban J connectivity index is 1.68. The van der Waals surface area contributed by atoms with E-state index >= 15 is 0 Å². The summed E-state index contributed by atoms with van der Waals surface area (Å²) in [5.41, 5.74) is 1.27. The number of amides is 1. The highest BCUT2D eigenvalue weighted by atomic mass is 35.5. The second kappa shape index (κ2) is 8.67. The second-order valence-electron chi connectivity index (χ2n) is 5.90. The molecule has 1 aliphatic rings. The summed E-state index contributed by atoms with van der Waals surface area (Å²) >= 11 is 6.06. The van der Waals surface area contributed by atoms with E-state index in [0.29, 0.717) is 32.0 Å². The highest BCUT2D eigenvalue weighted by molar-refractivity contribution is 7.89. The maximum Gasteiger partial charge on any atom is 0.267 e. The summed E-state index contributed by atoms with van der Waals surface area (Å²) in [4.78, 5) is 12.4. The molecule has 3 rings (SSSR count). The van der Waals surface area contributed by atoms with Gasteiger partial charge in [0, 0.05) is 18.8 Å². The number of benzene rings is 2. The van der Waals surface area contributed by atoms with Crippen LogP contribution in [-0.4, -0.2) is 44.9 Å². The third-order valence-corrected chi connectivity index (χ3v) is 6.22. The topological polar surface area (TPSA) is 75.7 Å². The summed E-state index contributed by atoms with van der Waals surface area (Å²) in [5, 5.41) is 2.69. The maximum absolute atomic E-state index is 12.6. The molecule has 1 saturated heterocycles. The lowest BCUT2D eigenvalue weighted by atomic mass is 10.2. The molecule has 2 aromatic carbocycles. The lowest BCUT2D eigenvalue weighted by Gasteiger charge is -2.26. The first kappa shape index (κ1) is 19.6. The zero-order valence-electron chi connectivity index (χ0n) is 14.5. The van der Waals surface area contributed by atoms with Gasteiger partial charge >= 0.3 is 0 Å². The first-order chi connectivity index (χ1) is 13.0. The van der Waals surface area contributed by atoms with Crippen LogP contribution in [0, 0.1) is 0 Å². The number of carbonyl (C=O) groups excluding carboxylic acids is 1. The summed E-state index contributed by atoms with van der Waals surface area (Å²) in [7, 11) is -3.56. The van der Waals surface area contributed by atoms with Gasteiger partial charge in [-0.2, -0.15) is 4.31 Å². The van der Waals surface area contributed by atoms with Crippen molar-refractivity contribution in [3.8, 4) is 0 Å². The SMILES string of the molecule is O=C(Nc1ccc(S(=O)(=O)N2CCOCC2)cc1)/C(Cl)=C/c1ccccc1. The minimum atomic E-state index is -3.56. The third kappa shape index (κ3) is 4.95. The Morgan fingerprint density at radius 3 is 2.30 bits per heavy atom. The number of nitrogens with zero attached hydrogens (tertiary/aromatic N) is 1. The van der Waals surface area contributed by atoms with Gasteiger partial charge < -0.3 is 10.1 Å². The molecule has 1 heterocycles. The van der Waals surface area contributed by atoms with Crippen LogP contribution in [0.2, 0.25) is 0 Å². The van der Waals surface area contributed by atoms with Crippen molar-refractivity contribution in [1.29, 1.82) is 0 Å². The molecule has 1 aliphatic heterocycles. The summed E-state index contributed by atoms with van der Waals surface area (Å²) in [6, 6.07) is 15.3. The van der Waals surface area contributed by atoms with Gasteiger partial charge in [-0.15, -0.1) is 0 Å². The zero-order chi connectivity index (χ0) is 19.3. The predicted molar refractivity (Wildman–Crippen MR) is 105 cm³/mol. The van der Waals surface area contributed by atoms with Gasteiger partial charge in [-0.05, 0) is 35.9 Å². The van der Waals surface area contributed by atoms with E-state index in [1.165, 1.54) is 28.6 Å². The molecule has 0 atom stereocenters. The first-order valence-corrected chi connectivity index (χ1v) is 10.2. The molecule has 27 heavy (non-hydrogen) atoms. The van der Waals surface area contributed by atoms with Gasteiger partial charge in [-0.3, -0.25) is 4.79 Å². The Labute approximate surface area is 163 Å². The molecule has 0 saturated carbocycles. The summed E-state index contributed by atoms with van der Waals surface area (Å²) in [5.74, 6) is -0.468. The fourth-order valence-corrected chi connectivity index (χ4v) is 4.18. The largest absolute Gasteiger partial charge is 0.379 e. The molecule has 1 fully saturated rings. The van der Waals surface area contributed by atoms with Crippen molar-refractivity contribution >= 4 is 39.3 Å². The minimum Gasteiger partial charge on any atom is -0.379 e. The van der Waals surface area contributed by atoms with Crippen molar-refractivity contribution in [2.75, 3.05) is 31.6 Å². The van der Waals surface area contributed by atoms with Crippen LogP contribution in [0.25, 0.3) is 6.08 Å². The number of rotatable bonds is 5. The molecule has 1 N–H and O–H groups in total. The molecule has 6 nitrogen and oxygen atoms in total. The Morgan fingerprint density at radius 1 is 1.04 bits per heavy atom. The molecule has 1 amide bonds. The monoisotopic (exact) mass is 406 g/mol. The predicted octanol–water partition coefficient (Wildman–Crippen LogP) is 2.93. The van der Waals surface area contributed by atoms with Crippen molar-refractivity contribution in [3.05, 3.63) is 65.2 Å². The van der Waals surface area contributed by atoms with E-state index in [1.54, 1.807) is 6.08 Å². The number of hydrogen-bond acceptors (Lipinski definition) is 4. The van der Waals surface area contributed by atoms with Crippen LogP contribution in [-0.2, 0) is 19.6 Å². The fourth-order valence-electron chi connectivity index (χ4n) is 2.60. The number of sulfonamides is 1. The van der Waals surface area contributed by atoms with Crippen LogP contribution >= 0.6 is 11.6 Å². The number of ether oxygens (including phenoxy) is 1. The van der Waals surface area contributed by atoms with E-state index in [9.17, 15) is 13.2 Å². The van der Waals surface area contributed by atoms with Crippen LogP contribution in [0.4, 0.5) is 5.69 Å². The second-order valence-corrected chi connectivity index (χ2v) is 8.24. The first-order valence-electron chi connectivity index (χ1n) is 8.38. The zero-order valence-corrected chi connectivity index (χ0v) is 16.0. The minimum absolute atomic E-state index is 0.0335. The molecule has 0 radical (unpaired) electrons. The van der Waals surface area contributed by atoms with Crippen molar-refractivity contribution < 1.29 is 17.9 Å². The van der Waals surface area contributed by atoms with E-state index in [4.69, 9.17) is 16.3 Å². The average Bonchev–Trinajstić information content (AvgIpc) is 2.70. The van der Waals surface area contributed by atoms with Gasteiger partial charge in [0.2, 0.25) is 10.0 Å². The van der Waals surface area contributed by atoms with Gasteiger partial charge in [-0.25, -0.2) is 8.42 Å². The Hall–Kier alpha value is -2.19. The van der Waals surface area contributed by atoms with E-state index in [1.807, 2.05) is 30.3 Å². The third-order valence-electron chi connectivity index (χ3n) is 4.03. The van der Waals surface area contributed by atoms with Crippen LogP contribution in [0.3, 0.4) is 0 Å². The smallest absolute Gasteiger partial charge is 0.267 e. The quantitative estimate of drug-likeness (QED) is 0.774. The van der Waals surface area contributed by atoms with Gasteiger partial charge in [0.05, 0.1) is 18.1 Å². The fraction of sp³-hybridized carbons (Fsp3) is 0.211. The van der Waals surface area contributed by atoms with Crippen molar-refractivity contribution in [2.45, 2.75) is 4.90 Å². The number of nitrogens with one attached hydrogen (secondary N) is 1. The number of hydrogen-bond donors (Lipinski definition) is 1. The molecule has 8 heteroatoms. The highest BCUT2D eigenvalue weighted by Crippen LogP contribution is 2.20. The molecule has 0 bridgehead atoms. The maximum atomic E-state index is 12.6. The Morgan fingerprint density at radius 2 is 1.67 bits per heavy atom. The average molecular weight is 407 g/mol. The Kier molecular flexibility index (Phi) is 6.28. The molecule has 0 aliphatic carbocycles. The molecular weight excluding hydrogens is 388 g/mol. The van der Waals surface area contributed by atoms with Gasteiger partial charge in [-0.1, -0.05) is 41.9 Å². The van der Waals surface area contributed by atoms with E-state index in [2.05, 4.69) is 5.32 Å². The lowest BCUT2D eigenvalue weighted by molar-refractivity contribution is -0.112. The van der Waals surface area contributed by atoms with Gasteiger partial charge in [0.1, 0.15) is 5.03 Å². The molecule has 2 aromatic rings. The summed E-state index contributed by atoms with van der Waals surface area (Å²) in [6.45, 7) is 1.45. The highest BCUT2D eigenvalue weighted by Gasteiger charge is 2.26. The van der Waals surface area contributed by atoms with E-state index in [0.717, 1.165) is 5.56 Å². The number of anilines is 1. The van der Waals surface area contributed by atoms with Crippen molar-refractivity contribution in [1.82, 2.24) is 4.31 Å². The normalized spacial score (nSPS) is 16.1. The summed E-state index contributed by atoms with van der Waals surface area (Å²) in [6.07, 6.45) is 1.56. The number of carbonyl (C=O) groups is 1. The molecule has 142 valence electrons. The van der Waals surface area contributed by atoms with E-state index < -0.39 is 15.9 Å². The number of halogens is 1. The Bertz CT molecular complexity index is 922. The number of morpholine rings is 1. The van der Waals surface area contributed by atoms with Crippen LogP contribution in [0.5, 0.6) is 0 Å². The molecule has 0 unspecified atom stereocenters. The molecular formula is C19H19ClN2O4S. The van der Waals surface area contributed by atoms with Crippen LogP contribution < -0.4 is 5.32 Å². The van der Waals surface area contributed by atoms with Crippen molar-refractivity contribution in [2.24, 2.45) is 0 Å². The lowest BCUT2D eigenvalue weighted by Crippen LogP contribution is -2.40. The van der Waals surface area contributed by atoms with Crippen molar-refractivity contribution in [3.63, 3.8) is 0 Å². The molecule has 0 spiro atoms.